The molecule has 25 heavy (non-hydrogen) atoms. The van der Waals surface area contributed by atoms with Gasteiger partial charge < -0.3 is 9.32 Å². The van der Waals surface area contributed by atoms with Crippen LogP contribution in [0.25, 0.3) is 0 Å². The Hall–Kier alpha value is -1.76. The predicted molar refractivity (Wildman–Crippen MR) is 91.7 cm³/mol. The molecule has 7 nitrogen and oxygen atoms in total. The van der Waals surface area contributed by atoms with Crippen LogP contribution >= 0.6 is 0 Å². The van der Waals surface area contributed by atoms with Gasteiger partial charge in [-0.25, -0.2) is 0 Å². The van der Waals surface area contributed by atoms with Gasteiger partial charge in [0.15, 0.2) is 0 Å². The van der Waals surface area contributed by atoms with Crippen molar-refractivity contribution in [2.24, 2.45) is 5.41 Å². The predicted octanol–water partition coefficient (Wildman–Crippen LogP) is 2.51. The number of Topliss-reactive ketones (excluding diaryl/α,β-unsaturated/α-hetero) is 1. The minimum absolute atomic E-state index is 0.160. The van der Waals surface area contributed by atoms with Crippen molar-refractivity contribution in [3.63, 3.8) is 0 Å². The number of rotatable bonds is 5. The highest BCUT2D eigenvalue weighted by atomic mass is 16.4. The van der Waals surface area contributed by atoms with E-state index in [1.807, 2.05) is 20.8 Å². The van der Waals surface area contributed by atoms with E-state index in [-0.39, 0.29) is 17.9 Å². The average Bonchev–Trinajstić information content (AvgIpc) is 3.32. The van der Waals surface area contributed by atoms with Crippen molar-refractivity contribution in [2.75, 3.05) is 20.1 Å². The first kappa shape index (κ1) is 18.0. The molecule has 2 saturated heterocycles. The molecule has 2 unspecified atom stereocenters. The first-order chi connectivity index (χ1) is 11.8. The van der Waals surface area contributed by atoms with Crippen molar-refractivity contribution >= 4 is 11.7 Å². The fourth-order valence-corrected chi connectivity index (χ4v) is 3.59. The highest BCUT2D eigenvalue weighted by Gasteiger charge is 2.41. The van der Waals surface area contributed by atoms with Crippen LogP contribution in [0.2, 0.25) is 0 Å². The van der Waals surface area contributed by atoms with Gasteiger partial charge in [-0.2, -0.15) is 0 Å². The zero-order valence-electron chi connectivity index (χ0n) is 15.6. The van der Waals surface area contributed by atoms with Crippen LogP contribution in [0.15, 0.2) is 4.42 Å². The number of carbonyl (C=O) groups excluding carboxylic acids is 2. The van der Waals surface area contributed by atoms with E-state index in [4.69, 9.17) is 4.42 Å². The fraction of sp³-hybridized carbons (Fsp3) is 0.778. The van der Waals surface area contributed by atoms with Crippen molar-refractivity contribution in [1.82, 2.24) is 20.0 Å². The number of hydrogen-bond acceptors (Lipinski definition) is 6. The van der Waals surface area contributed by atoms with E-state index < -0.39 is 11.3 Å². The Balaban J connectivity index is 1.77. The molecule has 2 aliphatic heterocycles. The van der Waals surface area contributed by atoms with Gasteiger partial charge in [0.25, 0.3) is 5.91 Å². The summed E-state index contributed by atoms with van der Waals surface area (Å²) in [5.41, 5.74) is -0.642. The number of carbonyl (C=O) groups is 2. The van der Waals surface area contributed by atoms with Crippen molar-refractivity contribution in [1.29, 1.82) is 0 Å². The molecular weight excluding hydrogens is 320 g/mol. The third-order valence-electron chi connectivity index (χ3n) is 5.75. The summed E-state index contributed by atoms with van der Waals surface area (Å²) in [5, 5.41) is 8.42. The molecule has 0 bridgehead atoms. The molecule has 3 heterocycles. The molecular formula is C18H28N4O3. The Labute approximate surface area is 148 Å². The van der Waals surface area contributed by atoms with Gasteiger partial charge >= 0.3 is 0 Å². The largest absolute Gasteiger partial charge is 0.421 e. The lowest BCUT2D eigenvalue weighted by molar-refractivity contribution is -0.150. The molecule has 7 heteroatoms. The summed E-state index contributed by atoms with van der Waals surface area (Å²) in [4.78, 5) is 29.1. The van der Waals surface area contributed by atoms with Crippen molar-refractivity contribution in [2.45, 2.75) is 65.0 Å². The lowest BCUT2D eigenvalue weighted by Gasteiger charge is -2.26. The molecule has 0 spiro atoms. The third-order valence-corrected chi connectivity index (χ3v) is 5.75. The number of amides is 1. The van der Waals surface area contributed by atoms with Crippen molar-refractivity contribution in [3.05, 3.63) is 11.8 Å². The van der Waals surface area contributed by atoms with E-state index in [0.717, 1.165) is 32.2 Å². The topological polar surface area (TPSA) is 79.5 Å². The number of likely N-dealkylation sites (tertiary alicyclic amines) is 2. The summed E-state index contributed by atoms with van der Waals surface area (Å²) in [6.45, 7) is 7.15. The minimum Gasteiger partial charge on any atom is -0.421 e. The second-order valence-corrected chi connectivity index (χ2v) is 7.84. The van der Waals surface area contributed by atoms with Gasteiger partial charge in [-0.15, -0.1) is 10.2 Å². The van der Waals surface area contributed by atoms with Gasteiger partial charge in [-0.1, -0.05) is 20.8 Å². The van der Waals surface area contributed by atoms with Gasteiger partial charge in [0.1, 0.15) is 6.04 Å². The molecule has 0 saturated carbocycles. The van der Waals surface area contributed by atoms with E-state index >= 15 is 0 Å². The van der Waals surface area contributed by atoms with Crippen LogP contribution in [-0.2, 0) is 9.59 Å². The molecule has 2 aliphatic rings. The first-order valence-corrected chi connectivity index (χ1v) is 9.24. The van der Waals surface area contributed by atoms with Crippen LogP contribution in [0.1, 0.15) is 76.7 Å². The van der Waals surface area contributed by atoms with Gasteiger partial charge in [0, 0.05) is 12.0 Å². The number of nitrogens with zero attached hydrogens (tertiary/aromatic N) is 4. The van der Waals surface area contributed by atoms with Gasteiger partial charge in [-0.05, 0) is 45.7 Å². The maximum atomic E-state index is 12.7. The normalized spacial score (nSPS) is 24.9. The summed E-state index contributed by atoms with van der Waals surface area (Å²) >= 11 is 0. The van der Waals surface area contributed by atoms with E-state index in [9.17, 15) is 9.59 Å². The maximum Gasteiger partial charge on any atom is 0.291 e. The average molecular weight is 348 g/mol. The SMILES string of the molecule is CCC(C)(C)C(=O)C(=O)N1CCCC1c1nnc(C2CCCN2C)o1. The molecule has 2 fully saturated rings. The Bertz CT molecular complexity index is 655. The van der Waals surface area contributed by atoms with E-state index in [1.165, 1.54) is 0 Å². The summed E-state index contributed by atoms with van der Waals surface area (Å²) in [5.74, 6) is 0.321. The molecule has 0 N–H and O–H groups in total. The Morgan fingerprint density at radius 1 is 1.12 bits per heavy atom. The van der Waals surface area contributed by atoms with Crippen LogP contribution < -0.4 is 0 Å². The Morgan fingerprint density at radius 2 is 1.72 bits per heavy atom. The quantitative estimate of drug-likeness (QED) is 0.761. The van der Waals surface area contributed by atoms with Gasteiger partial charge in [0.05, 0.1) is 6.04 Å². The number of ketones is 1. The van der Waals surface area contributed by atoms with Crippen LogP contribution in [0.4, 0.5) is 0 Å². The zero-order chi connectivity index (χ0) is 18.2. The smallest absolute Gasteiger partial charge is 0.291 e. The molecule has 1 amide bonds. The molecule has 1 aromatic heterocycles. The molecule has 3 rings (SSSR count). The highest BCUT2D eigenvalue weighted by molar-refractivity contribution is 6.38. The van der Waals surface area contributed by atoms with E-state index in [0.29, 0.717) is 24.7 Å². The standard InChI is InChI=1S/C18H28N4O3/c1-5-18(2,3)14(23)17(24)22-11-7-9-13(22)16-20-19-15(25-16)12-8-6-10-21(12)4/h12-13H,5-11H2,1-4H3. The molecule has 138 valence electrons. The lowest BCUT2D eigenvalue weighted by Crippen LogP contribution is -2.42. The van der Waals surface area contributed by atoms with Crippen LogP contribution in [0.3, 0.4) is 0 Å². The van der Waals surface area contributed by atoms with Crippen LogP contribution in [0, 0.1) is 5.41 Å². The van der Waals surface area contributed by atoms with E-state index in [2.05, 4.69) is 22.1 Å². The summed E-state index contributed by atoms with van der Waals surface area (Å²) < 4.78 is 5.92. The highest BCUT2D eigenvalue weighted by Crippen LogP contribution is 2.35. The molecule has 0 aromatic carbocycles. The fourth-order valence-electron chi connectivity index (χ4n) is 3.59. The Kier molecular flexibility index (Phi) is 4.95. The number of aromatic nitrogens is 2. The van der Waals surface area contributed by atoms with Gasteiger partial charge in [0.2, 0.25) is 17.6 Å². The molecule has 1 aromatic rings. The number of hydrogen-bond donors (Lipinski definition) is 0. The Morgan fingerprint density at radius 3 is 2.32 bits per heavy atom. The second kappa shape index (κ2) is 6.86. The summed E-state index contributed by atoms with van der Waals surface area (Å²) in [6, 6.07) is -0.121. The van der Waals surface area contributed by atoms with E-state index in [1.54, 1.807) is 4.90 Å². The van der Waals surface area contributed by atoms with Crippen LogP contribution in [0.5, 0.6) is 0 Å². The maximum absolute atomic E-state index is 12.7. The zero-order valence-corrected chi connectivity index (χ0v) is 15.6. The van der Waals surface area contributed by atoms with Crippen LogP contribution in [-0.4, -0.2) is 51.8 Å². The lowest BCUT2D eigenvalue weighted by atomic mass is 9.84. The molecule has 2 atom stereocenters. The third kappa shape index (κ3) is 3.34. The van der Waals surface area contributed by atoms with Gasteiger partial charge in [-0.3, -0.25) is 14.5 Å². The minimum atomic E-state index is -0.642. The van der Waals surface area contributed by atoms with Crippen molar-refractivity contribution < 1.29 is 14.0 Å². The molecule has 0 radical (unpaired) electrons. The van der Waals surface area contributed by atoms with Crippen molar-refractivity contribution in [3.8, 4) is 0 Å². The molecule has 0 aliphatic carbocycles. The first-order valence-electron chi connectivity index (χ1n) is 9.24. The summed E-state index contributed by atoms with van der Waals surface area (Å²) in [6.07, 6.45) is 4.36. The second-order valence-electron chi connectivity index (χ2n) is 7.84. The summed E-state index contributed by atoms with van der Waals surface area (Å²) in [7, 11) is 2.05. The monoisotopic (exact) mass is 348 g/mol.